The number of aromatic amines is 1. The first-order valence-electron chi connectivity index (χ1n) is 3.15. The quantitative estimate of drug-likeness (QED) is 0.714. The van der Waals surface area contributed by atoms with E-state index in [2.05, 4.69) is 20.9 Å². The molecule has 1 nitrogen and oxygen atoms in total. The van der Waals surface area contributed by atoms with Crippen LogP contribution >= 0.6 is 39.5 Å². The first-order valence-corrected chi connectivity index (χ1v) is 5.17. The monoisotopic (exact) mass is 263 g/mol. The van der Waals surface area contributed by atoms with E-state index in [0.29, 0.717) is 8.43 Å². The normalized spacial score (nSPS) is 10.8. The maximum Gasteiger partial charge on any atom is 0.159 e. The summed E-state index contributed by atoms with van der Waals surface area (Å²) in [5.41, 5.74) is 0.873. The fourth-order valence-electron chi connectivity index (χ4n) is 0.958. The summed E-state index contributed by atoms with van der Waals surface area (Å²) >= 11 is 9.46. The minimum atomic E-state index is -0.257. The van der Waals surface area contributed by atoms with E-state index in [-0.39, 0.29) is 5.82 Å². The molecule has 62 valence electrons. The van der Waals surface area contributed by atoms with Crippen molar-refractivity contribution in [3.05, 3.63) is 26.4 Å². The van der Waals surface area contributed by atoms with E-state index in [0.717, 1.165) is 10.2 Å². The van der Waals surface area contributed by atoms with E-state index < -0.39 is 0 Å². The summed E-state index contributed by atoms with van der Waals surface area (Å²) in [6, 6.07) is 3.09. The van der Waals surface area contributed by atoms with E-state index >= 15 is 0 Å². The van der Waals surface area contributed by atoms with Gasteiger partial charge in [-0.05, 0) is 40.3 Å². The SMILES string of the molecule is Fc1ccc2[nH]c(=S)sc2c1Br. The van der Waals surface area contributed by atoms with Crippen LogP contribution in [0.2, 0.25) is 0 Å². The molecule has 2 rings (SSSR count). The summed E-state index contributed by atoms with van der Waals surface area (Å²) in [6.45, 7) is 0. The van der Waals surface area contributed by atoms with Crippen LogP contribution in [0.3, 0.4) is 0 Å². The minimum absolute atomic E-state index is 0.257. The Morgan fingerprint density at radius 1 is 1.50 bits per heavy atom. The summed E-state index contributed by atoms with van der Waals surface area (Å²) in [6.07, 6.45) is 0. The highest BCUT2D eigenvalue weighted by Gasteiger charge is 2.05. The summed E-state index contributed by atoms with van der Waals surface area (Å²) in [5.74, 6) is -0.257. The van der Waals surface area contributed by atoms with Crippen LogP contribution in [0.5, 0.6) is 0 Å². The molecule has 1 heterocycles. The van der Waals surface area contributed by atoms with Crippen molar-refractivity contribution in [2.24, 2.45) is 0 Å². The summed E-state index contributed by atoms with van der Waals surface area (Å²) in [4.78, 5) is 2.96. The molecule has 0 fully saturated rings. The number of hydrogen-bond acceptors (Lipinski definition) is 2. The van der Waals surface area contributed by atoms with Crippen molar-refractivity contribution in [2.75, 3.05) is 0 Å². The van der Waals surface area contributed by atoms with Gasteiger partial charge in [0.05, 0.1) is 14.7 Å². The van der Waals surface area contributed by atoms with Crippen LogP contribution in [0, 0.1) is 9.77 Å². The first kappa shape index (κ1) is 8.34. The fraction of sp³-hybridized carbons (Fsp3) is 0. The zero-order chi connectivity index (χ0) is 8.72. The van der Waals surface area contributed by atoms with Crippen molar-refractivity contribution in [3.63, 3.8) is 0 Å². The molecule has 0 aliphatic heterocycles. The van der Waals surface area contributed by atoms with Gasteiger partial charge in [-0.1, -0.05) is 0 Å². The number of halogens is 2. The second-order valence-electron chi connectivity index (χ2n) is 2.25. The molecule has 0 aliphatic rings. The van der Waals surface area contributed by atoms with E-state index in [1.165, 1.54) is 17.4 Å². The van der Waals surface area contributed by atoms with E-state index in [4.69, 9.17) is 12.2 Å². The maximum atomic E-state index is 13.0. The van der Waals surface area contributed by atoms with Crippen molar-refractivity contribution >= 4 is 49.7 Å². The predicted octanol–water partition coefficient (Wildman–Crippen LogP) is 3.86. The molecule has 1 aromatic heterocycles. The van der Waals surface area contributed by atoms with Gasteiger partial charge in [-0.25, -0.2) is 4.39 Å². The van der Waals surface area contributed by atoms with Gasteiger partial charge in [0.15, 0.2) is 3.95 Å². The Bertz CT molecular complexity index is 488. The van der Waals surface area contributed by atoms with Gasteiger partial charge in [0.1, 0.15) is 5.82 Å². The number of H-pyrrole nitrogens is 1. The van der Waals surface area contributed by atoms with Crippen LogP contribution in [0.15, 0.2) is 16.6 Å². The van der Waals surface area contributed by atoms with Crippen molar-refractivity contribution < 1.29 is 4.39 Å². The van der Waals surface area contributed by atoms with Gasteiger partial charge in [0.25, 0.3) is 0 Å². The van der Waals surface area contributed by atoms with E-state index in [1.807, 2.05) is 0 Å². The highest BCUT2D eigenvalue weighted by Crippen LogP contribution is 2.29. The molecule has 0 spiro atoms. The van der Waals surface area contributed by atoms with Gasteiger partial charge in [-0.2, -0.15) is 0 Å². The molecule has 1 aromatic carbocycles. The van der Waals surface area contributed by atoms with E-state index in [1.54, 1.807) is 6.07 Å². The van der Waals surface area contributed by atoms with Crippen molar-refractivity contribution in [1.82, 2.24) is 4.98 Å². The number of rotatable bonds is 0. The Morgan fingerprint density at radius 3 is 3.00 bits per heavy atom. The number of fused-ring (bicyclic) bond motifs is 1. The molecule has 0 unspecified atom stereocenters. The van der Waals surface area contributed by atoms with Crippen LogP contribution in [-0.4, -0.2) is 4.98 Å². The average molecular weight is 264 g/mol. The molecule has 0 amide bonds. The van der Waals surface area contributed by atoms with Crippen LogP contribution in [-0.2, 0) is 0 Å². The van der Waals surface area contributed by atoms with Crippen LogP contribution in [0.1, 0.15) is 0 Å². The van der Waals surface area contributed by atoms with Gasteiger partial charge >= 0.3 is 0 Å². The largest absolute Gasteiger partial charge is 0.337 e. The summed E-state index contributed by atoms with van der Waals surface area (Å²) < 4.78 is 15.0. The standard InChI is InChI=1S/C7H3BrFNS2/c8-5-3(9)1-2-4-6(5)12-7(11)10-4/h1-2H,(H,10,11). The Hall–Kier alpha value is -0.260. The molecule has 1 N–H and O–H groups in total. The smallest absolute Gasteiger partial charge is 0.159 e. The Morgan fingerprint density at radius 2 is 2.25 bits per heavy atom. The molecule has 0 atom stereocenters. The number of hydrogen-bond donors (Lipinski definition) is 1. The van der Waals surface area contributed by atoms with Gasteiger partial charge in [0.2, 0.25) is 0 Å². The van der Waals surface area contributed by atoms with Crippen molar-refractivity contribution in [1.29, 1.82) is 0 Å². The van der Waals surface area contributed by atoms with Crippen molar-refractivity contribution in [2.45, 2.75) is 0 Å². The third-order valence-corrected chi connectivity index (χ3v) is 3.79. The van der Waals surface area contributed by atoms with Gasteiger partial charge in [-0.3, -0.25) is 0 Å². The third kappa shape index (κ3) is 1.22. The zero-order valence-electron chi connectivity index (χ0n) is 5.73. The average Bonchev–Trinajstić information content (AvgIpc) is 2.39. The highest BCUT2D eigenvalue weighted by molar-refractivity contribution is 9.10. The minimum Gasteiger partial charge on any atom is -0.337 e. The molecule has 0 aliphatic carbocycles. The number of nitrogens with one attached hydrogen (secondary N) is 1. The molecule has 0 saturated heterocycles. The summed E-state index contributed by atoms with van der Waals surface area (Å²) in [5, 5.41) is 0. The predicted molar refractivity (Wildman–Crippen MR) is 54.7 cm³/mol. The molecular weight excluding hydrogens is 261 g/mol. The van der Waals surface area contributed by atoms with Crippen LogP contribution in [0.25, 0.3) is 10.2 Å². The highest BCUT2D eigenvalue weighted by atomic mass is 79.9. The van der Waals surface area contributed by atoms with Gasteiger partial charge in [-0.15, -0.1) is 11.3 Å². The number of aromatic nitrogens is 1. The van der Waals surface area contributed by atoms with Crippen LogP contribution in [0.4, 0.5) is 4.39 Å². The lowest BCUT2D eigenvalue weighted by atomic mass is 10.3. The molecule has 0 radical (unpaired) electrons. The second kappa shape index (κ2) is 2.90. The zero-order valence-corrected chi connectivity index (χ0v) is 8.95. The number of benzene rings is 1. The number of thiazole rings is 1. The topological polar surface area (TPSA) is 15.8 Å². The third-order valence-electron chi connectivity index (χ3n) is 1.48. The summed E-state index contributed by atoms with van der Waals surface area (Å²) in [7, 11) is 0. The Balaban J connectivity index is 2.99. The lowest BCUT2D eigenvalue weighted by molar-refractivity contribution is 0.623. The second-order valence-corrected chi connectivity index (χ2v) is 4.73. The van der Waals surface area contributed by atoms with Crippen LogP contribution < -0.4 is 0 Å². The molecule has 0 saturated carbocycles. The Labute approximate surface area is 85.4 Å². The molecule has 12 heavy (non-hydrogen) atoms. The Kier molecular flexibility index (Phi) is 2.02. The van der Waals surface area contributed by atoms with Gasteiger partial charge < -0.3 is 4.98 Å². The fourth-order valence-corrected chi connectivity index (χ4v) is 2.67. The molecule has 5 heteroatoms. The lowest BCUT2D eigenvalue weighted by Crippen LogP contribution is -1.75. The van der Waals surface area contributed by atoms with Crippen molar-refractivity contribution in [3.8, 4) is 0 Å². The van der Waals surface area contributed by atoms with Gasteiger partial charge in [0, 0.05) is 0 Å². The van der Waals surface area contributed by atoms with E-state index in [9.17, 15) is 4.39 Å². The molecule has 0 bridgehead atoms. The molecule has 2 aromatic rings. The maximum absolute atomic E-state index is 13.0. The molecular formula is C7H3BrFNS2. The lowest BCUT2D eigenvalue weighted by Gasteiger charge is -1.93. The first-order chi connectivity index (χ1) is 5.68.